The molecule has 2 aromatic rings. The summed E-state index contributed by atoms with van der Waals surface area (Å²) in [6.07, 6.45) is 1.40. The molecule has 0 radical (unpaired) electrons. The number of rotatable bonds is 7. The van der Waals surface area contributed by atoms with Crippen molar-refractivity contribution in [1.29, 1.82) is 0 Å². The Morgan fingerprint density at radius 3 is 2.48 bits per heavy atom. The van der Waals surface area contributed by atoms with Crippen molar-refractivity contribution >= 4 is 5.91 Å². The predicted octanol–water partition coefficient (Wildman–Crippen LogP) is 3.82. The van der Waals surface area contributed by atoms with Gasteiger partial charge in [0.1, 0.15) is 5.75 Å². The number of aryl methyl sites for hydroxylation is 3. The molecule has 0 aliphatic rings. The molecule has 0 saturated heterocycles. The number of benzene rings is 2. The molecule has 2 rings (SSSR count). The maximum Gasteiger partial charge on any atom is 0.260 e. The quantitative estimate of drug-likeness (QED) is 0.789. The van der Waals surface area contributed by atoms with Crippen LogP contribution in [0.3, 0.4) is 0 Å². The van der Waals surface area contributed by atoms with Crippen molar-refractivity contribution in [2.24, 2.45) is 0 Å². The standard InChI is InChI=1S/C20H25NO2/c1-15-10-12-18(13-11-15)8-6-14-21-20(22)17(3)23-19-9-5-4-7-16(19)2/h4-5,7,9-13,17H,6,8,14H2,1-3H3,(H,21,22). The monoisotopic (exact) mass is 311 g/mol. The summed E-state index contributed by atoms with van der Waals surface area (Å²) in [6.45, 7) is 6.50. The molecule has 3 nitrogen and oxygen atoms in total. The summed E-state index contributed by atoms with van der Waals surface area (Å²) in [5, 5.41) is 2.94. The third-order valence-corrected chi connectivity index (χ3v) is 3.83. The SMILES string of the molecule is Cc1ccc(CCCNC(=O)C(C)Oc2ccccc2C)cc1. The Morgan fingerprint density at radius 1 is 1.09 bits per heavy atom. The van der Waals surface area contributed by atoms with E-state index in [1.165, 1.54) is 11.1 Å². The van der Waals surface area contributed by atoms with E-state index in [4.69, 9.17) is 4.74 Å². The van der Waals surface area contributed by atoms with Gasteiger partial charge in [-0.05, 0) is 50.8 Å². The third kappa shape index (κ3) is 5.44. The van der Waals surface area contributed by atoms with E-state index in [0.717, 1.165) is 24.2 Å². The molecule has 0 aliphatic heterocycles. The summed E-state index contributed by atoms with van der Waals surface area (Å²) in [5.74, 6) is 0.687. The average molecular weight is 311 g/mol. The number of carbonyl (C=O) groups excluding carboxylic acids is 1. The second kappa shape index (κ2) is 8.37. The first-order chi connectivity index (χ1) is 11.1. The number of ether oxygens (including phenoxy) is 1. The fraction of sp³-hybridized carbons (Fsp3) is 0.350. The van der Waals surface area contributed by atoms with E-state index in [9.17, 15) is 4.79 Å². The Balaban J connectivity index is 1.72. The molecular formula is C20H25NO2. The van der Waals surface area contributed by atoms with Crippen LogP contribution >= 0.6 is 0 Å². The first-order valence-electron chi connectivity index (χ1n) is 8.12. The highest BCUT2D eigenvalue weighted by Gasteiger charge is 2.14. The molecule has 1 amide bonds. The molecule has 0 bridgehead atoms. The lowest BCUT2D eigenvalue weighted by atomic mass is 10.1. The number of hydrogen-bond donors (Lipinski definition) is 1. The Kier molecular flexibility index (Phi) is 6.21. The van der Waals surface area contributed by atoms with Gasteiger partial charge in [-0.15, -0.1) is 0 Å². The predicted molar refractivity (Wildman–Crippen MR) is 93.8 cm³/mol. The second-order valence-electron chi connectivity index (χ2n) is 5.91. The minimum absolute atomic E-state index is 0.0721. The van der Waals surface area contributed by atoms with Gasteiger partial charge in [0.25, 0.3) is 5.91 Å². The van der Waals surface area contributed by atoms with Gasteiger partial charge in [-0.3, -0.25) is 4.79 Å². The van der Waals surface area contributed by atoms with Gasteiger partial charge in [0.2, 0.25) is 0 Å². The summed E-state index contributed by atoms with van der Waals surface area (Å²) in [7, 11) is 0. The lowest BCUT2D eigenvalue weighted by Crippen LogP contribution is -2.37. The Morgan fingerprint density at radius 2 is 1.78 bits per heavy atom. The highest BCUT2D eigenvalue weighted by Crippen LogP contribution is 2.17. The fourth-order valence-electron chi connectivity index (χ4n) is 2.34. The Bertz CT molecular complexity index is 634. The van der Waals surface area contributed by atoms with Crippen LogP contribution in [-0.2, 0) is 11.2 Å². The molecule has 3 heteroatoms. The van der Waals surface area contributed by atoms with Gasteiger partial charge in [-0.2, -0.15) is 0 Å². The minimum atomic E-state index is -0.490. The van der Waals surface area contributed by atoms with Gasteiger partial charge in [0.15, 0.2) is 6.10 Å². The van der Waals surface area contributed by atoms with Crippen molar-refractivity contribution in [3.8, 4) is 5.75 Å². The van der Waals surface area contributed by atoms with Crippen LogP contribution in [0, 0.1) is 13.8 Å². The zero-order valence-corrected chi connectivity index (χ0v) is 14.1. The van der Waals surface area contributed by atoms with Gasteiger partial charge >= 0.3 is 0 Å². The third-order valence-electron chi connectivity index (χ3n) is 3.83. The fourth-order valence-corrected chi connectivity index (χ4v) is 2.34. The van der Waals surface area contributed by atoms with E-state index in [1.807, 2.05) is 31.2 Å². The van der Waals surface area contributed by atoms with E-state index in [1.54, 1.807) is 6.92 Å². The number of hydrogen-bond acceptors (Lipinski definition) is 2. The maximum atomic E-state index is 12.1. The molecule has 0 fully saturated rings. The largest absolute Gasteiger partial charge is 0.481 e. The second-order valence-corrected chi connectivity index (χ2v) is 5.91. The van der Waals surface area contributed by atoms with Crippen LogP contribution in [0.25, 0.3) is 0 Å². The van der Waals surface area contributed by atoms with Crippen molar-refractivity contribution < 1.29 is 9.53 Å². The number of carbonyl (C=O) groups is 1. The van der Waals surface area contributed by atoms with Crippen molar-refractivity contribution in [2.45, 2.75) is 39.7 Å². The topological polar surface area (TPSA) is 38.3 Å². The van der Waals surface area contributed by atoms with Crippen LogP contribution < -0.4 is 10.1 Å². The van der Waals surface area contributed by atoms with Crippen LogP contribution in [0.5, 0.6) is 5.75 Å². The van der Waals surface area contributed by atoms with Crippen molar-refractivity contribution in [3.05, 3.63) is 65.2 Å². The molecular weight excluding hydrogens is 286 g/mol. The van der Waals surface area contributed by atoms with Crippen LogP contribution in [-0.4, -0.2) is 18.6 Å². The molecule has 1 N–H and O–H groups in total. The average Bonchev–Trinajstić information content (AvgIpc) is 2.55. The van der Waals surface area contributed by atoms with Crippen LogP contribution in [0.4, 0.5) is 0 Å². The van der Waals surface area contributed by atoms with Crippen LogP contribution in [0.1, 0.15) is 30.0 Å². The van der Waals surface area contributed by atoms with E-state index in [2.05, 4.69) is 36.5 Å². The normalized spacial score (nSPS) is 11.8. The molecule has 122 valence electrons. The number of amides is 1. The van der Waals surface area contributed by atoms with E-state index >= 15 is 0 Å². The first kappa shape index (κ1) is 17.1. The van der Waals surface area contributed by atoms with Gasteiger partial charge in [-0.1, -0.05) is 48.0 Å². The van der Waals surface area contributed by atoms with Gasteiger partial charge < -0.3 is 10.1 Å². The molecule has 0 saturated carbocycles. The smallest absolute Gasteiger partial charge is 0.260 e. The number of nitrogens with one attached hydrogen (secondary N) is 1. The van der Waals surface area contributed by atoms with Crippen LogP contribution in [0.15, 0.2) is 48.5 Å². The van der Waals surface area contributed by atoms with Gasteiger partial charge in [-0.25, -0.2) is 0 Å². The summed E-state index contributed by atoms with van der Waals surface area (Å²) in [4.78, 5) is 12.1. The minimum Gasteiger partial charge on any atom is -0.481 e. The van der Waals surface area contributed by atoms with Crippen LogP contribution in [0.2, 0.25) is 0 Å². The summed E-state index contributed by atoms with van der Waals surface area (Å²) in [5.41, 5.74) is 3.60. The number of para-hydroxylation sites is 1. The van der Waals surface area contributed by atoms with Crippen molar-refractivity contribution in [1.82, 2.24) is 5.32 Å². The highest BCUT2D eigenvalue weighted by molar-refractivity contribution is 5.80. The lowest BCUT2D eigenvalue weighted by molar-refractivity contribution is -0.127. The molecule has 23 heavy (non-hydrogen) atoms. The van der Waals surface area contributed by atoms with Gasteiger partial charge in [0, 0.05) is 6.54 Å². The molecule has 0 heterocycles. The van der Waals surface area contributed by atoms with E-state index < -0.39 is 6.10 Å². The Hall–Kier alpha value is -2.29. The zero-order chi connectivity index (χ0) is 16.7. The first-order valence-corrected chi connectivity index (χ1v) is 8.12. The lowest BCUT2D eigenvalue weighted by Gasteiger charge is -2.16. The van der Waals surface area contributed by atoms with E-state index in [-0.39, 0.29) is 5.91 Å². The molecule has 1 atom stereocenters. The summed E-state index contributed by atoms with van der Waals surface area (Å²) in [6, 6.07) is 16.2. The molecule has 1 unspecified atom stereocenters. The van der Waals surface area contributed by atoms with Crippen molar-refractivity contribution in [3.63, 3.8) is 0 Å². The molecule has 0 aromatic heterocycles. The zero-order valence-electron chi connectivity index (χ0n) is 14.1. The summed E-state index contributed by atoms with van der Waals surface area (Å²) >= 11 is 0. The van der Waals surface area contributed by atoms with Crippen molar-refractivity contribution in [2.75, 3.05) is 6.54 Å². The molecule has 2 aromatic carbocycles. The summed E-state index contributed by atoms with van der Waals surface area (Å²) < 4.78 is 5.72. The highest BCUT2D eigenvalue weighted by atomic mass is 16.5. The maximum absolute atomic E-state index is 12.1. The van der Waals surface area contributed by atoms with E-state index in [0.29, 0.717) is 6.54 Å². The molecule has 0 aliphatic carbocycles. The van der Waals surface area contributed by atoms with Gasteiger partial charge in [0.05, 0.1) is 0 Å². The molecule has 0 spiro atoms. The Labute approximate surface area is 138 Å².